The van der Waals surface area contributed by atoms with Crippen molar-refractivity contribution in [3.63, 3.8) is 0 Å². The molecule has 0 aliphatic heterocycles. The van der Waals surface area contributed by atoms with Crippen molar-refractivity contribution in [2.45, 2.75) is 6.42 Å². The van der Waals surface area contributed by atoms with E-state index in [1.165, 1.54) is 12.4 Å². The largest absolute Gasteiger partial charge is 0.497 e. The van der Waals surface area contributed by atoms with E-state index in [2.05, 4.69) is 15.3 Å². The lowest BCUT2D eigenvalue weighted by molar-refractivity contribution is 0.102. The molecule has 0 aliphatic carbocycles. The highest BCUT2D eigenvalue weighted by Gasteiger charge is 2.11. The van der Waals surface area contributed by atoms with Crippen LogP contribution in [-0.2, 0) is 4.74 Å². The molecule has 0 atom stereocenters. The Morgan fingerprint density at radius 2 is 1.85 bits per heavy atom. The van der Waals surface area contributed by atoms with E-state index >= 15 is 0 Å². The lowest BCUT2D eigenvalue weighted by atomic mass is 10.1. The molecule has 0 fully saturated rings. The monoisotopic (exact) mass is 449 g/mol. The van der Waals surface area contributed by atoms with Crippen LogP contribution in [0, 0.1) is 0 Å². The van der Waals surface area contributed by atoms with Gasteiger partial charge in [-0.05, 0) is 35.9 Å². The van der Waals surface area contributed by atoms with Crippen LogP contribution in [0.5, 0.6) is 17.2 Å². The molecule has 0 bridgehead atoms. The topological polar surface area (TPSA) is 91.8 Å². The third kappa shape index (κ3) is 7.05. The third-order valence-corrected chi connectivity index (χ3v) is 4.65. The van der Waals surface area contributed by atoms with E-state index in [0.717, 1.165) is 17.5 Å². The smallest absolute Gasteiger partial charge is 0.257 e. The highest BCUT2D eigenvalue weighted by molar-refractivity contribution is 6.04. The van der Waals surface area contributed by atoms with E-state index in [1.54, 1.807) is 39.7 Å². The highest BCUT2D eigenvalue weighted by Crippen LogP contribution is 2.27. The van der Waals surface area contributed by atoms with Crippen LogP contribution in [0.15, 0.2) is 55.0 Å². The molecule has 0 saturated carbocycles. The second-order valence-corrected chi connectivity index (χ2v) is 6.97. The number of hydrogen-bond acceptors (Lipinski definition) is 7. The summed E-state index contributed by atoms with van der Waals surface area (Å²) >= 11 is 0. The molecule has 2 aromatic carbocycles. The van der Waals surface area contributed by atoms with Crippen LogP contribution in [0.2, 0.25) is 0 Å². The molecule has 0 unspecified atom stereocenters. The van der Waals surface area contributed by atoms with Crippen LogP contribution >= 0.6 is 0 Å². The van der Waals surface area contributed by atoms with Crippen molar-refractivity contribution < 1.29 is 23.7 Å². The average Bonchev–Trinajstić information content (AvgIpc) is 2.85. The number of amides is 1. The maximum Gasteiger partial charge on any atom is 0.257 e. The Kier molecular flexibility index (Phi) is 8.79. The molecule has 0 aliphatic rings. The van der Waals surface area contributed by atoms with Gasteiger partial charge in [0.25, 0.3) is 5.91 Å². The summed E-state index contributed by atoms with van der Waals surface area (Å²) in [6.45, 7) is 1.06. The fraction of sp³-hybridized carbons (Fsp3) is 0.240. The number of benzene rings is 2. The van der Waals surface area contributed by atoms with Crippen molar-refractivity contribution in [1.29, 1.82) is 0 Å². The number of nitrogens with zero attached hydrogens (tertiary/aromatic N) is 2. The third-order valence-electron chi connectivity index (χ3n) is 4.65. The van der Waals surface area contributed by atoms with Gasteiger partial charge < -0.3 is 24.3 Å². The summed E-state index contributed by atoms with van der Waals surface area (Å²) < 4.78 is 21.6. The van der Waals surface area contributed by atoms with Crippen molar-refractivity contribution in [2.75, 3.05) is 39.9 Å². The number of hydrogen-bond donors (Lipinski definition) is 1. The molecule has 3 aromatic rings. The molecule has 0 spiro atoms. The van der Waals surface area contributed by atoms with Crippen molar-refractivity contribution in [3.05, 3.63) is 71.7 Å². The molecule has 0 radical (unpaired) electrons. The second kappa shape index (κ2) is 12.2. The van der Waals surface area contributed by atoms with E-state index < -0.39 is 0 Å². The van der Waals surface area contributed by atoms with E-state index in [9.17, 15) is 4.79 Å². The highest BCUT2D eigenvalue weighted by atomic mass is 16.5. The van der Waals surface area contributed by atoms with Gasteiger partial charge in [-0.2, -0.15) is 0 Å². The van der Waals surface area contributed by atoms with Crippen LogP contribution in [0.1, 0.15) is 27.9 Å². The predicted octanol–water partition coefficient (Wildman–Crippen LogP) is 4.33. The molecule has 0 saturated heterocycles. The Morgan fingerprint density at radius 3 is 2.58 bits per heavy atom. The molecule has 1 aromatic heterocycles. The number of methoxy groups -OCH3 is 3. The van der Waals surface area contributed by atoms with Crippen LogP contribution in [-0.4, -0.2) is 50.4 Å². The van der Waals surface area contributed by atoms with Crippen molar-refractivity contribution in [3.8, 4) is 17.2 Å². The maximum absolute atomic E-state index is 12.8. The number of carbonyl (C=O) groups is 1. The maximum atomic E-state index is 12.8. The van der Waals surface area contributed by atoms with Gasteiger partial charge in [0, 0.05) is 49.7 Å². The molecule has 1 amide bonds. The van der Waals surface area contributed by atoms with Gasteiger partial charge >= 0.3 is 0 Å². The fourth-order valence-electron chi connectivity index (χ4n) is 3.02. The van der Waals surface area contributed by atoms with Gasteiger partial charge in [-0.3, -0.25) is 9.78 Å². The van der Waals surface area contributed by atoms with Crippen molar-refractivity contribution in [2.24, 2.45) is 0 Å². The first-order valence-electron chi connectivity index (χ1n) is 10.4. The SMILES string of the molecule is COCCCOc1cc(C=Cc2ccc(OC)cc2OC)cc(C(=O)Nc2cnccn2)c1. The number of ether oxygens (including phenoxy) is 4. The molecule has 8 heteroatoms. The predicted molar refractivity (Wildman–Crippen MR) is 127 cm³/mol. The molecule has 172 valence electrons. The Hall–Kier alpha value is -3.91. The zero-order valence-electron chi connectivity index (χ0n) is 18.9. The van der Waals surface area contributed by atoms with E-state index in [0.29, 0.717) is 41.8 Å². The van der Waals surface area contributed by atoms with Crippen LogP contribution in [0.4, 0.5) is 5.82 Å². The minimum Gasteiger partial charge on any atom is -0.497 e. The van der Waals surface area contributed by atoms with Gasteiger partial charge in [0.15, 0.2) is 5.82 Å². The lowest BCUT2D eigenvalue weighted by Gasteiger charge is -2.11. The first kappa shape index (κ1) is 23.7. The van der Waals surface area contributed by atoms with E-state index in [1.807, 2.05) is 36.4 Å². The Labute approximate surface area is 193 Å². The molecule has 1 heterocycles. The first-order valence-corrected chi connectivity index (χ1v) is 10.4. The summed E-state index contributed by atoms with van der Waals surface area (Å²) in [6.07, 6.45) is 9.08. The summed E-state index contributed by atoms with van der Waals surface area (Å²) in [4.78, 5) is 20.9. The standard InChI is InChI=1S/C25H27N3O5/c1-30-11-4-12-33-22-14-18(5-6-19-7-8-21(31-2)16-23(19)32-3)13-20(15-22)25(29)28-24-17-26-9-10-27-24/h5-10,13-17H,4,11-12H2,1-3H3,(H,27,28,29). The number of rotatable bonds is 11. The first-order chi connectivity index (χ1) is 16.1. The number of aromatic nitrogens is 2. The van der Waals surface area contributed by atoms with Crippen molar-refractivity contribution in [1.82, 2.24) is 9.97 Å². The van der Waals surface area contributed by atoms with Crippen molar-refractivity contribution >= 4 is 23.9 Å². The average molecular weight is 450 g/mol. The quantitative estimate of drug-likeness (QED) is 0.344. The zero-order valence-corrected chi connectivity index (χ0v) is 18.9. The molecular weight excluding hydrogens is 422 g/mol. The molecule has 3 rings (SSSR count). The number of carbonyl (C=O) groups excluding carboxylic acids is 1. The second-order valence-electron chi connectivity index (χ2n) is 6.97. The minimum absolute atomic E-state index is 0.311. The summed E-state index contributed by atoms with van der Waals surface area (Å²) in [5.41, 5.74) is 2.10. The van der Waals surface area contributed by atoms with E-state index in [4.69, 9.17) is 18.9 Å². The van der Waals surface area contributed by atoms with Gasteiger partial charge in [-0.15, -0.1) is 0 Å². The molecule has 1 N–H and O–H groups in total. The number of anilines is 1. The van der Waals surface area contributed by atoms with Crippen LogP contribution in [0.25, 0.3) is 12.2 Å². The van der Waals surface area contributed by atoms with Gasteiger partial charge in [0.2, 0.25) is 0 Å². The Balaban J connectivity index is 1.86. The van der Waals surface area contributed by atoms with Gasteiger partial charge in [0.1, 0.15) is 17.2 Å². The minimum atomic E-state index is -0.311. The Bertz CT molecular complexity index is 1090. The summed E-state index contributed by atoms with van der Waals surface area (Å²) in [5, 5.41) is 2.75. The molecular formula is C25H27N3O5. The van der Waals surface area contributed by atoms with Gasteiger partial charge in [-0.1, -0.05) is 12.2 Å². The molecule has 8 nitrogen and oxygen atoms in total. The van der Waals surface area contributed by atoms with Crippen LogP contribution < -0.4 is 19.5 Å². The van der Waals surface area contributed by atoms with E-state index in [-0.39, 0.29) is 5.91 Å². The Morgan fingerprint density at radius 1 is 0.970 bits per heavy atom. The van der Waals surface area contributed by atoms with Crippen LogP contribution in [0.3, 0.4) is 0 Å². The summed E-state index contributed by atoms with van der Waals surface area (Å²) in [5.74, 6) is 2.03. The number of nitrogens with one attached hydrogen (secondary N) is 1. The normalized spacial score (nSPS) is 10.8. The summed E-state index contributed by atoms with van der Waals surface area (Å²) in [6, 6.07) is 10.9. The lowest BCUT2D eigenvalue weighted by Crippen LogP contribution is -2.13. The van der Waals surface area contributed by atoms with Gasteiger partial charge in [-0.25, -0.2) is 4.98 Å². The van der Waals surface area contributed by atoms with Gasteiger partial charge in [0.05, 0.1) is 27.0 Å². The zero-order chi connectivity index (χ0) is 23.5. The fourth-order valence-corrected chi connectivity index (χ4v) is 3.02. The summed E-state index contributed by atoms with van der Waals surface area (Å²) in [7, 11) is 4.86. The molecule has 33 heavy (non-hydrogen) atoms.